The molecule has 0 aliphatic rings. The molecule has 0 radical (unpaired) electrons. The van der Waals surface area contributed by atoms with E-state index < -0.39 is 0 Å². The number of aliphatic hydroxyl groups excluding tert-OH is 1. The first kappa shape index (κ1) is 44.2. The summed E-state index contributed by atoms with van der Waals surface area (Å²) in [5.41, 5.74) is 0. The number of ether oxygens (including phenoxy) is 2. The second-order valence-electron chi connectivity index (χ2n) is 13.0. The molecule has 0 saturated heterocycles. The van der Waals surface area contributed by atoms with Crippen LogP contribution in [0.15, 0.2) is 0 Å². The molecule has 7 heteroatoms. The lowest BCUT2D eigenvalue weighted by molar-refractivity contribution is -0.148. The summed E-state index contributed by atoms with van der Waals surface area (Å²) >= 11 is 1.86. The molecule has 0 aromatic carbocycles. The molecule has 6 nitrogen and oxygen atoms in total. The molecule has 0 spiro atoms. The highest BCUT2D eigenvalue weighted by Gasteiger charge is 2.21. The lowest BCUT2D eigenvalue weighted by Crippen LogP contribution is -2.40. The Bertz CT molecular complexity index is 619. The van der Waals surface area contributed by atoms with E-state index in [1.807, 2.05) is 11.8 Å². The molecule has 0 aromatic heterocycles. The Morgan fingerprint density at radius 1 is 0.622 bits per heavy atom. The van der Waals surface area contributed by atoms with E-state index in [0.29, 0.717) is 32.1 Å². The molecule has 2 N–H and O–H groups in total. The zero-order valence-corrected chi connectivity index (χ0v) is 30.9. The summed E-state index contributed by atoms with van der Waals surface area (Å²) in [7, 11) is 0. The minimum absolute atomic E-state index is 0.0218. The van der Waals surface area contributed by atoms with Crippen LogP contribution in [0.25, 0.3) is 0 Å². The van der Waals surface area contributed by atoms with Gasteiger partial charge in [0.2, 0.25) is 0 Å². The topological polar surface area (TPSA) is 84.9 Å². The Labute approximate surface area is 283 Å². The first-order valence-corrected chi connectivity index (χ1v) is 20.5. The van der Waals surface area contributed by atoms with Crippen molar-refractivity contribution in [2.75, 3.05) is 37.9 Å². The van der Waals surface area contributed by atoms with Crippen LogP contribution in [0.4, 0.5) is 0 Å². The Morgan fingerprint density at radius 2 is 1.13 bits per heavy atom. The Kier molecular flexibility index (Phi) is 35.4. The summed E-state index contributed by atoms with van der Waals surface area (Å²) in [5.74, 6) is 2.30. The van der Waals surface area contributed by atoms with Crippen molar-refractivity contribution in [1.82, 2.24) is 5.32 Å². The van der Waals surface area contributed by atoms with E-state index in [-0.39, 0.29) is 24.6 Å². The van der Waals surface area contributed by atoms with E-state index in [1.165, 1.54) is 89.9 Å². The van der Waals surface area contributed by atoms with Gasteiger partial charge in [0.15, 0.2) is 0 Å². The summed E-state index contributed by atoms with van der Waals surface area (Å²) < 4.78 is 11.3. The Hall–Kier alpha value is -0.790. The second-order valence-corrected chi connectivity index (χ2v) is 14.3. The molecule has 268 valence electrons. The van der Waals surface area contributed by atoms with Crippen molar-refractivity contribution in [3.63, 3.8) is 0 Å². The molecule has 1 atom stereocenters. The summed E-state index contributed by atoms with van der Waals surface area (Å²) in [5, 5.41) is 12.6. The van der Waals surface area contributed by atoms with E-state index in [2.05, 4.69) is 26.1 Å². The van der Waals surface area contributed by atoms with E-state index in [0.717, 1.165) is 75.7 Å². The van der Waals surface area contributed by atoms with Gasteiger partial charge in [-0.15, -0.1) is 0 Å². The minimum atomic E-state index is -0.336. The SMILES string of the molecule is CCCCCCCCC(CCCCCCCC)COC(=O)C(CCCCCCCCCC(=O)OCCSCCCC)NCCO. The van der Waals surface area contributed by atoms with E-state index >= 15 is 0 Å². The summed E-state index contributed by atoms with van der Waals surface area (Å²) in [6, 6.07) is -0.336. The lowest BCUT2D eigenvalue weighted by Gasteiger charge is -2.21. The highest BCUT2D eigenvalue weighted by molar-refractivity contribution is 7.99. The number of carbonyl (C=O) groups is 2. The van der Waals surface area contributed by atoms with Gasteiger partial charge >= 0.3 is 11.9 Å². The average Bonchev–Trinajstić information content (AvgIpc) is 3.04. The number of hydrogen-bond donors (Lipinski definition) is 2. The van der Waals surface area contributed by atoms with Crippen molar-refractivity contribution in [2.24, 2.45) is 5.92 Å². The fourth-order valence-electron chi connectivity index (χ4n) is 5.72. The molecule has 0 aliphatic carbocycles. The molecule has 0 aromatic rings. The summed E-state index contributed by atoms with van der Waals surface area (Å²) in [6.45, 7) is 8.22. The first-order valence-electron chi connectivity index (χ1n) is 19.3. The molecule has 0 saturated carbocycles. The van der Waals surface area contributed by atoms with Crippen LogP contribution in [0.5, 0.6) is 0 Å². The predicted octanol–water partition coefficient (Wildman–Crippen LogP) is 10.2. The molecule has 45 heavy (non-hydrogen) atoms. The first-order chi connectivity index (χ1) is 22.1. The van der Waals surface area contributed by atoms with Crippen LogP contribution < -0.4 is 5.32 Å². The molecule has 0 aliphatic heterocycles. The standard InChI is InChI=1S/C38H75NO5S/c1-4-7-10-12-17-21-25-35(26-22-18-13-11-8-5-2)34-44-38(42)36(39-29-30-40)27-23-19-15-14-16-20-24-28-37(41)43-31-33-45-32-9-6-3/h35-36,39-40H,4-34H2,1-3H3. The molecule has 0 rings (SSSR count). The van der Waals surface area contributed by atoms with Gasteiger partial charge in [0.05, 0.1) is 13.2 Å². The quantitative estimate of drug-likeness (QED) is 0.0512. The second kappa shape index (κ2) is 36.1. The summed E-state index contributed by atoms with van der Waals surface area (Å²) in [6.07, 6.45) is 29.0. The van der Waals surface area contributed by atoms with Gasteiger partial charge in [-0.05, 0) is 43.8 Å². The molecule has 0 heterocycles. The maximum absolute atomic E-state index is 13.1. The number of hydrogen-bond acceptors (Lipinski definition) is 7. The van der Waals surface area contributed by atoms with Crippen LogP contribution in [0.2, 0.25) is 0 Å². The van der Waals surface area contributed by atoms with Gasteiger partial charge in [0.1, 0.15) is 12.6 Å². The van der Waals surface area contributed by atoms with Crippen molar-refractivity contribution in [3.05, 3.63) is 0 Å². The predicted molar refractivity (Wildman–Crippen MR) is 194 cm³/mol. The lowest BCUT2D eigenvalue weighted by atomic mass is 9.94. The fraction of sp³-hybridized carbons (Fsp3) is 0.947. The third kappa shape index (κ3) is 31.6. The molecule has 0 bridgehead atoms. The van der Waals surface area contributed by atoms with Crippen LogP contribution in [0.1, 0.15) is 181 Å². The van der Waals surface area contributed by atoms with Gasteiger partial charge in [-0.2, -0.15) is 11.8 Å². The van der Waals surface area contributed by atoms with Crippen LogP contribution in [0, 0.1) is 5.92 Å². The molecule has 0 fully saturated rings. The number of rotatable bonds is 36. The van der Waals surface area contributed by atoms with Gasteiger partial charge in [-0.3, -0.25) is 9.59 Å². The van der Waals surface area contributed by atoms with Gasteiger partial charge in [0.25, 0.3) is 0 Å². The number of aliphatic hydroxyl groups is 1. The van der Waals surface area contributed by atoms with Gasteiger partial charge in [-0.1, -0.05) is 143 Å². The number of unbranched alkanes of at least 4 members (excludes halogenated alkanes) is 17. The third-order valence-electron chi connectivity index (χ3n) is 8.69. The van der Waals surface area contributed by atoms with Crippen molar-refractivity contribution in [1.29, 1.82) is 0 Å². The molecular formula is C38H75NO5S. The monoisotopic (exact) mass is 658 g/mol. The minimum Gasteiger partial charge on any atom is -0.465 e. The van der Waals surface area contributed by atoms with Gasteiger partial charge in [-0.25, -0.2) is 0 Å². The van der Waals surface area contributed by atoms with Crippen LogP contribution >= 0.6 is 11.8 Å². The summed E-state index contributed by atoms with van der Waals surface area (Å²) in [4.78, 5) is 24.9. The van der Waals surface area contributed by atoms with Gasteiger partial charge in [0, 0.05) is 18.7 Å². The Morgan fingerprint density at radius 3 is 1.69 bits per heavy atom. The van der Waals surface area contributed by atoms with Crippen LogP contribution in [-0.2, 0) is 19.1 Å². The van der Waals surface area contributed by atoms with Crippen molar-refractivity contribution >= 4 is 23.7 Å². The zero-order valence-electron chi connectivity index (χ0n) is 30.1. The maximum Gasteiger partial charge on any atom is 0.323 e. The molecule has 1 unspecified atom stereocenters. The number of thioether (sulfide) groups is 1. The molecule has 0 amide bonds. The highest BCUT2D eigenvalue weighted by Crippen LogP contribution is 2.20. The van der Waals surface area contributed by atoms with Crippen molar-refractivity contribution in [3.8, 4) is 0 Å². The van der Waals surface area contributed by atoms with Crippen LogP contribution in [-0.4, -0.2) is 61.0 Å². The van der Waals surface area contributed by atoms with E-state index in [4.69, 9.17) is 9.47 Å². The largest absolute Gasteiger partial charge is 0.465 e. The normalized spacial score (nSPS) is 12.1. The van der Waals surface area contributed by atoms with Gasteiger partial charge < -0.3 is 19.9 Å². The van der Waals surface area contributed by atoms with Crippen LogP contribution in [0.3, 0.4) is 0 Å². The highest BCUT2D eigenvalue weighted by atomic mass is 32.2. The Balaban J connectivity index is 4.26. The van der Waals surface area contributed by atoms with Crippen molar-refractivity contribution in [2.45, 2.75) is 187 Å². The van der Waals surface area contributed by atoms with Crippen molar-refractivity contribution < 1.29 is 24.2 Å². The smallest absolute Gasteiger partial charge is 0.323 e. The van der Waals surface area contributed by atoms with E-state index in [9.17, 15) is 14.7 Å². The maximum atomic E-state index is 13.1. The average molecular weight is 658 g/mol. The number of esters is 2. The zero-order chi connectivity index (χ0) is 33.1. The third-order valence-corrected chi connectivity index (χ3v) is 9.72. The van der Waals surface area contributed by atoms with E-state index in [1.54, 1.807) is 0 Å². The number of carbonyl (C=O) groups excluding carboxylic acids is 2. The fourth-order valence-corrected chi connectivity index (χ4v) is 6.62. The molecular weight excluding hydrogens is 582 g/mol. The number of nitrogens with one attached hydrogen (secondary N) is 1.